The van der Waals surface area contributed by atoms with Crippen LogP contribution in [0, 0.1) is 10.2 Å². The molecule has 0 atom stereocenters. The SMILES string of the molecule is CN(C)c1ccc(C=CC2=C/C(=C\C=C3C=CC(=[N+](C)C)C=C3)OC(O)=C2)cc1.[O-][Cl+3]([O-])([O-])[O-]. The van der Waals surface area contributed by atoms with Gasteiger partial charge in [0.25, 0.3) is 5.95 Å². The highest BCUT2D eigenvalue weighted by atomic mass is 35.7. The van der Waals surface area contributed by atoms with Crippen LogP contribution in [0.25, 0.3) is 6.08 Å². The number of anilines is 1. The quantitative estimate of drug-likeness (QED) is 0.594. The van der Waals surface area contributed by atoms with Crippen LogP contribution in [0.4, 0.5) is 5.69 Å². The molecule has 1 aliphatic carbocycles. The van der Waals surface area contributed by atoms with Crippen molar-refractivity contribution in [2.75, 3.05) is 33.1 Å². The molecule has 1 N–H and O–H groups in total. The topological polar surface area (TPSA) is 128 Å². The number of aliphatic hydroxyl groups excluding tert-OH is 1. The van der Waals surface area contributed by atoms with Crippen molar-refractivity contribution in [2.45, 2.75) is 0 Å². The van der Waals surface area contributed by atoms with E-state index in [1.807, 2.05) is 70.7 Å². The van der Waals surface area contributed by atoms with E-state index in [2.05, 4.69) is 45.9 Å². The van der Waals surface area contributed by atoms with Crippen molar-refractivity contribution in [1.82, 2.24) is 0 Å². The maximum Gasteiger partial charge on any atom is 0.282 e. The molecule has 1 aromatic rings. The second kappa shape index (κ2) is 12.2. The number of nitrogens with zero attached hydrogens (tertiary/aromatic N) is 2. The van der Waals surface area contributed by atoms with Gasteiger partial charge < -0.3 is 14.7 Å². The van der Waals surface area contributed by atoms with Crippen LogP contribution in [0.3, 0.4) is 0 Å². The van der Waals surface area contributed by atoms with Gasteiger partial charge in [0, 0.05) is 38.0 Å². The van der Waals surface area contributed by atoms with Crippen LogP contribution in [0.1, 0.15) is 5.56 Å². The summed E-state index contributed by atoms with van der Waals surface area (Å²) in [6.07, 6.45) is 19.5. The number of allylic oxidation sites excluding steroid dienone is 11. The van der Waals surface area contributed by atoms with Crippen molar-refractivity contribution in [1.29, 1.82) is 0 Å². The van der Waals surface area contributed by atoms with Gasteiger partial charge in [0.2, 0.25) is 0 Å². The molecule has 3 rings (SSSR count). The van der Waals surface area contributed by atoms with Crippen molar-refractivity contribution < 1.29 is 43.3 Å². The summed E-state index contributed by atoms with van der Waals surface area (Å²) in [5, 5.41) is 9.94. The number of benzene rings is 1. The molecule has 0 aromatic heterocycles. The van der Waals surface area contributed by atoms with Gasteiger partial charge in [-0.1, -0.05) is 30.4 Å². The zero-order chi connectivity index (χ0) is 25.3. The third-order valence-electron chi connectivity index (χ3n) is 4.55. The molecule has 1 aliphatic heterocycles. The highest BCUT2D eigenvalue weighted by molar-refractivity contribution is 6.02. The smallest absolute Gasteiger partial charge is 0.282 e. The van der Waals surface area contributed by atoms with Crippen molar-refractivity contribution in [3.8, 4) is 0 Å². The first-order valence-electron chi connectivity index (χ1n) is 10.1. The number of ether oxygens (including phenoxy) is 1. The molecule has 1 heterocycles. The summed E-state index contributed by atoms with van der Waals surface area (Å²) in [4.78, 5) is 2.07. The Labute approximate surface area is 201 Å². The Balaban J connectivity index is 0.000000739. The molecule has 9 heteroatoms. The molecule has 0 amide bonds. The predicted octanol–water partition coefficient (Wildman–Crippen LogP) is 0.0152. The van der Waals surface area contributed by atoms with E-state index in [-0.39, 0.29) is 5.95 Å². The van der Waals surface area contributed by atoms with E-state index >= 15 is 0 Å². The van der Waals surface area contributed by atoms with Crippen molar-refractivity contribution in [2.24, 2.45) is 0 Å². The molecule has 0 radical (unpaired) electrons. The van der Waals surface area contributed by atoms with E-state index in [4.69, 9.17) is 23.4 Å². The van der Waals surface area contributed by atoms with Crippen LogP contribution in [-0.2, 0) is 4.74 Å². The fourth-order valence-corrected chi connectivity index (χ4v) is 2.84. The Morgan fingerprint density at radius 2 is 1.47 bits per heavy atom. The minimum atomic E-state index is -4.94. The second-order valence-corrected chi connectivity index (χ2v) is 8.40. The van der Waals surface area contributed by atoms with Gasteiger partial charge in [0.05, 0.1) is 0 Å². The first-order chi connectivity index (χ1) is 15.9. The number of rotatable bonds is 4. The maximum atomic E-state index is 9.94. The lowest BCUT2D eigenvalue weighted by Crippen LogP contribution is -2.68. The second-order valence-electron chi connectivity index (χ2n) is 7.65. The van der Waals surface area contributed by atoms with E-state index in [0.29, 0.717) is 5.76 Å². The van der Waals surface area contributed by atoms with Crippen molar-refractivity contribution in [3.05, 3.63) is 107 Å². The zero-order valence-corrected chi connectivity index (χ0v) is 20.1. The lowest BCUT2D eigenvalue weighted by molar-refractivity contribution is -2.00. The van der Waals surface area contributed by atoms with Crippen LogP contribution in [0.2, 0.25) is 0 Å². The van der Waals surface area contributed by atoms with Gasteiger partial charge in [-0.25, -0.2) is 23.2 Å². The predicted molar refractivity (Wildman–Crippen MR) is 121 cm³/mol. The molecule has 0 saturated heterocycles. The Bertz CT molecular complexity index is 1090. The molecule has 180 valence electrons. The van der Waals surface area contributed by atoms with Crippen LogP contribution in [-0.4, -0.2) is 43.6 Å². The molecular formula is C25H27ClN2O6. The fraction of sp³-hybridized carbons (Fsp3) is 0.160. The third-order valence-corrected chi connectivity index (χ3v) is 4.55. The van der Waals surface area contributed by atoms with Crippen molar-refractivity contribution >= 4 is 17.5 Å². The number of hydrogen-bond donors (Lipinski definition) is 1. The standard InChI is InChI=1S/C25H26N2O2.ClHO4/c1-26(2)22-12-7-19(8-13-22)5-6-21-17-24(29-25(28)18-21)16-11-20-9-14-23(15-10-20)27(3)4;2-1(3,4)5/h5-18H,1-4H3;(H,2,3,4,5). The van der Waals surface area contributed by atoms with Crippen LogP contribution in [0.15, 0.2) is 102 Å². The van der Waals surface area contributed by atoms with Gasteiger partial charge in [-0.15, -0.1) is 10.2 Å². The monoisotopic (exact) mass is 486 g/mol. The molecule has 0 fully saturated rings. The summed E-state index contributed by atoms with van der Waals surface area (Å²) >= 11 is 0. The first kappa shape index (κ1) is 26.8. The van der Waals surface area contributed by atoms with Gasteiger partial charge in [0.1, 0.15) is 19.9 Å². The molecule has 2 aliphatic rings. The van der Waals surface area contributed by atoms with Gasteiger partial charge in [-0.05, 0) is 53.1 Å². The lowest BCUT2D eigenvalue weighted by Gasteiger charge is -2.17. The molecule has 34 heavy (non-hydrogen) atoms. The molecule has 0 spiro atoms. The van der Waals surface area contributed by atoms with Gasteiger partial charge >= 0.3 is 0 Å². The highest BCUT2D eigenvalue weighted by Gasteiger charge is 2.08. The van der Waals surface area contributed by atoms with Gasteiger partial charge in [-0.2, -0.15) is 0 Å². The van der Waals surface area contributed by atoms with Crippen molar-refractivity contribution in [3.63, 3.8) is 0 Å². The summed E-state index contributed by atoms with van der Waals surface area (Å²) in [6, 6.07) is 8.29. The minimum absolute atomic E-state index is 0.113. The summed E-state index contributed by atoms with van der Waals surface area (Å²) < 4.78 is 41.4. The Morgan fingerprint density at radius 3 is 2.00 bits per heavy atom. The molecule has 0 unspecified atom stereocenters. The minimum Gasteiger partial charge on any atom is -0.481 e. The lowest BCUT2D eigenvalue weighted by atomic mass is 10.1. The fourth-order valence-electron chi connectivity index (χ4n) is 2.84. The third kappa shape index (κ3) is 10.0. The van der Waals surface area contributed by atoms with E-state index < -0.39 is 10.2 Å². The average Bonchev–Trinajstić information content (AvgIpc) is 2.75. The first-order valence-corrected chi connectivity index (χ1v) is 11.3. The van der Waals surface area contributed by atoms with E-state index in [9.17, 15) is 5.11 Å². The summed E-state index contributed by atoms with van der Waals surface area (Å²) in [5.41, 5.74) is 5.33. The molecule has 1 aromatic carbocycles. The summed E-state index contributed by atoms with van der Waals surface area (Å²) in [6.45, 7) is 0. The zero-order valence-electron chi connectivity index (χ0n) is 19.3. The number of hydrogen-bond acceptors (Lipinski definition) is 7. The molecule has 8 nitrogen and oxygen atoms in total. The summed E-state index contributed by atoms with van der Waals surface area (Å²) in [5.74, 6) is 0.474. The van der Waals surface area contributed by atoms with Gasteiger partial charge in [-0.3, -0.25) is 0 Å². The van der Waals surface area contributed by atoms with E-state index in [0.717, 1.165) is 28.1 Å². The molecule has 0 saturated carbocycles. The number of halogens is 1. The Hall–Kier alpha value is -3.40. The molecule has 0 bridgehead atoms. The van der Waals surface area contributed by atoms with E-state index in [1.165, 1.54) is 0 Å². The Kier molecular flexibility index (Phi) is 9.61. The Morgan fingerprint density at radius 1 is 0.882 bits per heavy atom. The normalized spacial score (nSPS) is 16.5. The highest BCUT2D eigenvalue weighted by Crippen LogP contribution is 2.21. The number of aliphatic hydroxyl groups is 1. The van der Waals surface area contributed by atoms with E-state index in [1.54, 1.807) is 6.08 Å². The largest absolute Gasteiger partial charge is 0.481 e. The summed E-state index contributed by atoms with van der Waals surface area (Å²) in [7, 11) is 3.13. The van der Waals surface area contributed by atoms with Crippen LogP contribution in [0.5, 0.6) is 0 Å². The van der Waals surface area contributed by atoms with Gasteiger partial charge in [0.15, 0.2) is 5.71 Å². The molecular weight excluding hydrogens is 460 g/mol. The van der Waals surface area contributed by atoms with Crippen LogP contribution < -0.4 is 23.5 Å². The van der Waals surface area contributed by atoms with Crippen LogP contribution >= 0.6 is 0 Å². The average molecular weight is 487 g/mol. The maximum absolute atomic E-state index is 9.94.